The fraction of sp³-hybridized carbons (Fsp3) is 0.118. The molecule has 2 radical (unpaired) electrons. The minimum Gasteiger partial charge on any atom is -0.0771 e. The van der Waals surface area contributed by atoms with Crippen LogP contribution in [-0.2, 0) is 0 Å². The first-order chi connectivity index (χ1) is 8.74. The summed E-state index contributed by atoms with van der Waals surface area (Å²) in [5, 5.41) is 2.37. The van der Waals surface area contributed by atoms with E-state index < -0.39 is 0 Å². The Morgan fingerprint density at radius 1 is 1.17 bits per heavy atom. The lowest BCUT2D eigenvalue weighted by atomic mass is 9.95. The van der Waals surface area contributed by atoms with E-state index in [0.717, 1.165) is 10.7 Å². The van der Waals surface area contributed by atoms with Gasteiger partial charge in [0.2, 0.25) is 0 Å². The SMILES string of the molecule is [C]#CC1=CC=CC(C#[C])C1=[SiH]c1ccc(C)cc1. The highest BCUT2D eigenvalue weighted by Gasteiger charge is 2.14. The van der Waals surface area contributed by atoms with Gasteiger partial charge >= 0.3 is 0 Å². The number of aryl methyl sites for hydroxylation is 1. The Bertz CT molecular complexity index is 613. The summed E-state index contributed by atoms with van der Waals surface area (Å²) in [5.74, 6) is 4.90. The van der Waals surface area contributed by atoms with E-state index in [1.165, 1.54) is 10.8 Å². The molecule has 1 aromatic rings. The van der Waals surface area contributed by atoms with Gasteiger partial charge in [-0.25, -0.2) is 0 Å². The largest absolute Gasteiger partial charge is 0.0771 e. The molecule has 0 aromatic heterocycles. The van der Waals surface area contributed by atoms with Crippen molar-refractivity contribution in [1.29, 1.82) is 0 Å². The lowest BCUT2D eigenvalue weighted by Gasteiger charge is -2.15. The lowest BCUT2D eigenvalue weighted by molar-refractivity contribution is 1.20. The third-order valence-corrected chi connectivity index (χ3v) is 4.60. The molecular weight excluding hydrogens is 232 g/mol. The molecule has 84 valence electrons. The molecule has 1 aliphatic carbocycles. The maximum Gasteiger partial charge on any atom is 0.0616 e. The zero-order valence-electron chi connectivity index (χ0n) is 10.2. The van der Waals surface area contributed by atoms with Crippen molar-refractivity contribution in [1.82, 2.24) is 0 Å². The van der Waals surface area contributed by atoms with Crippen LogP contribution in [0.5, 0.6) is 0 Å². The van der Waals surface area contributed by atoms with Gasteiger partial charge in [-0.2, -0.15) is 0 Å². The summed E-state index contributed by atoms with van der Waals surface area (Å²) in [7, 11) is -0.101. The van der Waals surface area contributed by atoms with Crippen molar-refractivity contribution in [2.75, 3.05) is 0 Å². The van der Waals surface area contributed by atoms with Crippen LogP contribution in [0.3, 0.4) is 0 Å². The van der Waals surface area contributed by atoms with Crippen molar-refractivity contribution in [3.8, 4) is 11.8 Å². The Kier molecular flexibility index (Phi) is 3.77. The van der Waals surface area contributed by atoms with E-state index in [2.05, 4.69) is 43.0 Å². The third kappa shape index (κ3) is 2.59. The van der Waals surface area contributed by atoms with Crippen LogP contribution in [0.1, 0.15) is 5.56 Å². The summed E-state index contributed by atoms with van der Waals surface area (Å²) in [6.07, 6.45) is 20.4. The Balaban J connectivity index is 2.44. The number of allylic oxidation sites excluding steroid dienone is 4. The molecule has 0 bridgehead atoms. The molecule has 1 atom stereocenters. The van der Waals surface area contributed by atoms with E-state index >= 15 is 0 Å². The molecule has 0 saturated carbocycles. The monoisotopic (exact) mass is 244 g/mol. The minimum absolute atomic E-state index is 0.0980. The van der Waals surface area contributed by atoms with Gasteiger partial charge < -0.3 is 0 Å². The van der Waals surface area contributed by atoms with Gasteiger partial charge in [-0.3, -0.25) is 0 Å². The highest BCUT2D eigenvalue weighted by atomic mass is 28.2. The van der Waals surface area contributed by atoms with Crippen molar-refractivity contribution in [2.45, 2.75) is 6.92 Å². The average molecular weight is 244 g/mol. The first-order valence-corrected chi connectivity index (χ1v) is 6.92. The highest BCUT2D eigenvalue weighted by molar-refractivity contribution is 6.70. The molecule has 0 nitrogen and oxygen atoms in total. The van der Waals surface area contributed by atoms with Crippen molar-refractivity contribution < 1.29 is 0 Å². The molecule has 1 heteroatoms. The van der Waals surface area contributed by atoms with Crippen LogP contribution in [0.25, 0.3) is 0 Å². The smallest absolute Gasteiger partial charge is 0.0616 e. The van der Waals surface area contributed by atoms with Gasteiger partial charge in [-0.15, -0.1) is 0 Å². The molecule has 1 aliphatic rings. The van der Waals surface area contributed by atoms with E-state index in [-0.39, 0.29) is 15.0 Å². The van der Waals surface area contributed by atoms with Crippen LogP contribution in [0.15, 0.2) is 48.1 Å². The molecule has 1 aromatic carbocycles. The van der Waals surface area contributed by atoms with Gasteiger partial charge in [0.25, 0.3) is 0 Å². The second-order valence-corrected chi connectivity index (χ2v) is 5.80. The number of hydrogen-bond donors (Lipinski definition) is 0. The first kappa shape index (κ1) is 12.4. The number of rotatable bonds is 1. The Morgan fingerprint density at radius 2 is 1.89 bits per heavy atom. The van der Waals surface area contributed by atoms with Gasteiger partial charge in [0.05, 0.1) is 5.92 Å². The van der Waals surface area contributed by atoms with Crippen molar-refractivity contribution in [2.24, 2.45) is 5.92 Å². The van der Waals surface area contributed by atoms with Crippen LogP contribution >= 0.6 is 0 Å². The summed E-state index contributed by atoms with van der Waals surface area (Å²) in [6, 6.07) is 8.45. The van der Waals surface area contributed by atoms with Crippen LogP contribution in [0.2, 0.25) is 0 Å². The number of benzene rings is 1. The van der Waals surface area contributed by atoms with Crippen LogP contribution in [-0.4, -0.2) is 14.3 Å². The van der Waals surface area contributed by atoms with E-state index in [4.69, 9.17) is 12.8 Å². The van der Waals surface area contributed by atoms with E-state index in [9.17, 15) is 0 Å². The first-order valence-electron chi connectivity index (χ1n) is 5.76. The molecule has 0 N–H and O–H groups in total. The fourth-order valence-electron chi connectivity index (χ4n) is 1.88. The van der Waals surface area contributed by atoms with E-state index in [1.807, 2.05) is 18.2 Å². The quantitative estimate of drug-likeness (QED) is 0.519. The number of hydrogen-bond acceptors (Lipinski definition) is 0. The maximum absolute atomic E-state index is 7.37. The van der Waals surface area contributed by atoms with Gasteiger partial charge in [-0.1, -0.05) is 53.8 Å². The van der Waals surface area contributed by atoms with E-state index in [1.54, 1.807) is 0 Å². The topological polar surface area (TPSA) is 0 Å². The summed E-state index contributed by atoms with van der Waals surface area (Å²) in [6.45, 7) is 2.07. The molecular formula is C17H12Si. The summed E-state index contributed by atoms with van der Waals surface area (Å²) in [5.41, 5.74) is 2.05. The average Bonchev–Trinajstić information content (AvgIpc) is 2.41. The van der Waals surface area contributed by atoms with Crippen molar-refractivity contribution >= 4 is 19.5 Å². The van der Waals surface area contributed by atoms with Gasteiger partial charge in [0.15, 0.2) is 0 Å². The standard InChI is InChI=1S/C17H12Si/c1-4-14-7-6-8-15(5-2)17(14)18-16-11-9-13(3)10-12-16/h6-12,14,18H,3H3. The Morgan fingerprint density at radius 3 is 2.50 bits per heavy atom. The predicted octanol–water partition coefficient (Wildman–Crippen LogP) is 1.52. The fourth-order valence-corrected chi connectivity index (χ4v) is 3.32. The normalized spacial score (nSPS) is 20.1. The summed E-state index contributed by atoms with van der Waals surface area (Å²) in [4.78, 5) is 0. The molecule has 2 rings (SSSR count). The molecule has 0 saturated heterocycles. The van der Waals surface area contributed by atoms with Gasteiger partial charge in [-0.05, 0) is 36.2 Å². The minimum atomic E-state index is -0.101. The van der Waals surface area contributed by atoms with Crippen LogP contribution < -0.4 is 5.19 Å². The van der Waals surface area contributed by atoms with Gasteiger partial charge in [0, 0.05) is 14.7 Å². The van der Waals surface area contributed by atoms with E-state index in [0.29, 0.717) is 0 Å². The molecule has 18 heavy (non-hydrogen) atoms. The summed E-state index contributed by atoms with van der Waals surface area (Å²) < 4.78 is 0. The van der Waals surface area contributed by atoms with Crippen LogP contribution in [0.4, 0.5) is 0 Å². The zero-order chi connectivity index (χ0) is 13.0. The second kappa shape index (κ2) is 5.49. The van der Waals surface area contributed by atoms with Crippen LogP contribution in [0, 0.1) is 37.5 Å². The third-order valence-electron chi connectivity index (χ3n) is 2.90. The summed E-state index contributed by atoms with van der Waals surface area (Å²) >= 11 is 0. The maximum atomic E-state index is 7.37. The van der Waals surface area contributed by atoms with Crippen molar-refractivity contribution in [3.05, 3.63) is 66.5 Å². The Hall–Kier alpha value is -2.09. The molecule has 0 heterocycles. The molecule has 0 aliphatic heterocycles. The second-order valence-electron chi connectivity index (χ2n) is 4.22. The molecule has 0 spiro atoms. The lowest BCUT2D eigenvalue weighted by Crippen LogP contribution is -2.24. The molecule has 0 fully saturated rings. The predicted molar refractivity (Wildman–Crippen MR) is 77.9 cm³/mol. The highest BCUT2D eigenvalue weighted by Crippen LogP contribution is 2.13. The zero-order valence-corrected chi connectivity index (χ0v) is 11.4. The molecule has 1 unspecified atom stereocenters. The Labute approximate surface area is 111 Å². The van der Waals surface area contributed by atoms with Crippen molar-refractivity contribution in [3.63, 3.8) is 0 Å². The molecule has 0 amide bonds. The van der Waals surface area contributed by atoms with Gasteiger partial charge in [0.1, 0.15) is 0 Å².